The Kier molecular flexibility index (Phi) is 4.06. The predicted molar refractivity (Wildman–Crippen MR) is 66.3 cm³/mol. The molecule has 0 aromatic carbocycles. The fourth-order valence-corrected chi connectivity index (χ4v) is 1.55. The molecule has 2 rings (SSSR count). The van der Waals surface area contributed by atoms with Crippen molar-refractivity contribution in [1.82, 2.24) is 20.2 Å². The van der Waals surface area contributed by atoms with E-state index in [1.54, 1.807) is 6.20 Å². The van der Waals surface area contributed by atoms with Crippen molar-refractivity contribution in [3.05, 3.63) is 40.5 Å². The van der Waals surface area contributed by atoms with Gasteiger partial charge < -0.3 is 5.32 Å². The minimum atomic E-state index is 0.0678. The summed E-state index contributed by atoms with van der Waals surface area (Å²) < 4.78 is 0. The number of nitrogens with one attached hydrogen (secondary N) is 1. The summed E-state index contributed by atoms with van der Waals surface area (Å²) in [7, 11) is 0. The molecule has 1 N–H and O–H groups in total. The number of halogens is 2. The smallest absolute Gasteiger partial charge is 0.245 e. The Balaban J connectivity index is 1.92. The molecule has 0 atom stereocenters. The van der Waals surface area contributed by atoms with Crippen LogP contribution < -0.4 is 5.32 Å². The quantitative estimate of drug-likeness (QED) is 0.922. The number of hydrogen-bond acceptors (Lipinski definition) is 5. The van der Waals surface area contributed by atoms with E-state index < -0.39 is 0 Å². The molecular weight excluding hydrogens is 261 g/mol. The van der Waals surface area contributed by atoms with Crippen molar-refractivity contribution in [3.63, 3.8) is 0 Å². The zero-order valence-corrected chi connectivity index (χ0v) is 10.3. The number of rotatable bonds is 4. The molecule has 0 unspecified atom stereocenters. The van der Waals surface area contributed by atoms with Gasteiger partial charge in [-0.2, -0.15) is 4.98 Å². The molecule has 0 spiro atoms. The third-order valence-electron chi connectivity index (χ3n) is 2.05. The Morgan fingerprint density at radius 2 is 2.12 bits per heavy atom. The van der Waals surface area contributed by atoms with Gasteiger partial charge in [0.25, 0.3) is 0 Å². The lowest BCUT2D eigenvalue weighted by Crippen LogP contribution is -2.08. The van der Waals surface area contributed by atoms with Gasteiger partial charge >= 0.3 is 0 Å². The van der Waals surface area contributed by atoms with Gasteiger partial charge in [0.1, 0.15) is 0 Å². The number of anilines is 1. The van der Waals surface area contributed by atoms with Crippen LogP contribution in [0, 0.1) is 0 Å². The first-order chi connectivity index (χ1) is 8.25. The van der Waals surface area contributed by atoms with Crippen LogP contribution in [0.1, 0.15) is 5.56 Å². The van der Waals surface area contributed by atoms with Crippen molar-refractivity contribution in [2.45, 2.75) is 6.42 Å². The molecule has 88 valence electrons. The SMILES string of the molecule is Clc1nnc(Cl)c(NCCc2cccnc2)n1. The van der Waals surface area contributed by atoms with Gasteiger partial charge in [-0.25, -0.2) is 0 Å². The summed E-state index contributed by atoms with van der Waals surface area (Å²) >= 11 is 11.4. The number of aromatic nitrogens is 4. The van der Waals surface area contributed by atoms with Crippen LogP contribution in [0.5, 0.6) is 0 Å². The molecule has 0 radical (unpaired) electrons. The Hall–Kier alpha value is -1.46. The Morgan fingerprint density at radius 1 is 1.24 bits per heavy atom. The zero-order chi connectivity index (χ0) is 12.1. The second kappa shape index (κ2) is 5.75. The summed E-state index contributed by atoms with van der Waals surface area (Å²) in [6, 6.07) is 3.90. The van der Waals surface area contributed by atoms with Crippen molar-refractivity contribution < 1.29 is 0 Å². The van der Waals surface area contributed by atoms with Gasteiger partial charge in [0.15, 0.2) is 11.0 Å². The van der Waals surface area contributed by atoms with Crippen molar-refractivity contribution in [2.75, 3.05) is 11.9 Å². The molecular formula is C10H9Cl2N5. The van der Waals surface area contributed by atoms with E-state index in [2.05, 4.69) is 25.5 Å². The van der Waals surface area contributed by atoms with Crippen LogP contribution in [0.3, 0.4) is 0 Å². The molecule has 7 heteroatoms. The summed E-state index contributed by atoms with van der Waals surface area (Å²) in [5.41, 5.74) is 1.13. The lowest BCUT2D eigenvalue weighted by atomic mass is 10.2. The van der Waals surface area contributed by atoms with Gasteiger partial charge in [0.05, 0.1) is 0 Å². The lowest BCUT2D eigenvalue weighted by Gasteiger charge is -2.05. The molecule has 0 aliphatic heterocycles. The lowest BCUT2D eigenvalue weighted by molar-refractivity contribution is 0.941. The zero-order valence-electron chi connectivity index (χ0n) is 8.77. The minimum absolute atomic E-state index is 0.0678. The second-order valence-electron chi connectivity index (χ2n) is 3.26. The second-order valence-corrected chi connectivity index (χ2v) is 3.95. The molecule has 2 heterocycles. The summed E-state index contributed by atoms with van der Waals surface area (Å²) in [6.07, 6.45) is 4.36. The normalized spacial score (nSPS) is 10.2. The van der Waals surface area contributed by atoms with Crippen LogP contribution in [0.25, 0.3) is 0 Å². The molecule has 0 bridgehead atoms. The molecule has 0 saturated heterocycles. The van der Waals surface area contributed by atoms with E-state index in [1.807, 2.05) is 18.3 Å². The third-order valence-corrected chi connectivity index (χ3v) is 2.46. The molecule has 0 aliphatic carbocycles. The van der Waals surface area contributed by atoms with Gasteiger partial charge in [-0.1, -0.05) is 17.7 Å². The van der Waals surface area contributed by atoms with Crippen LogP contribution >= 0.6 is 23.2 Å². The van der Waals surface area contributed by atoms with E-state index >= 15 is 0 Å². The largest absolute Gasteiger partial charge is 0.367 e. The van der Waals surface area contributed by atoms with Crippen molar-refractivity contribution in [1.29, 1.82) is 0 Å². The fraction of sp³-hybridized carbons (Fsp3) is 0.200. The Bertz CT molecular complexity index is 491. The van der Waals surface area contributed by atoms with Crippen molar-refractivity contribution in [3.8, 4) is 0 Å². The summed E-state index contributed by atoms with van der Waals surface area (Å²) in [6.45, 7) is 0.667. The monoisotopic (exact) mass is 269 g/mol. The van der Waals surface area contributed by atoms with Crippen LogP contribution in [-0.4, -0.2) is 26.7 Å². The summed E-state index contributed by atoms with van der Waals surface area (Å²) in [5.74, 6) is 0.440. The minimum Gasteiger partial charge on any atom is -0.367 e. The van der Waals surface area contributed by atoms with E-state index in [9.17, 15) is 0 Å². The topological polar surface area (TPSA) is 63.6 Å². The maximum absolute atomic E-state index is 5.81. The van der Waals surface area contributed by atoms with Crippen LogP contribution in [0.4, 0.5) is 5.82 Å². The van der Waals surface area contributed by atoms with Gasteiger partial charge in [0.2, 0.25) is 5.28 Å². The maximum atomic E-state index is 5.81. The number of hydrogen-bond donors (Lipinski definition) is 1. The average Bonchev–Trinajstić information content (AvgIpc) is 2.35. The first kappa shape index (κ1) is 12.0. The van der Waals surface area contributed by atoms with Crippen LogP contribution in [-0.2, 0) is 6.42 Å². The van der Waals surface area contributed by atoms with E-state index in [0.29, 0.717) is 12.4 Å². The molecule has 0 amide bonds. The highest BCUT2D eigenvalue weighted by atomic mass is 35.5. The summed E-state index contributed by atoms with van der Waals surface area (Å²) in [5, 5.41) is 10.5. The highest BCUT2D eigenvalue weighted by Crippen LogP contribution is 2.16. The molecule has 0 saturated carbocycles. The first-order valence-corrected chi connectivity index (χ1v) is 5.70. The molecule has 0 aliphatic rings. The first-order valence-electron chi connectivity index (χ1n) is 4.94. The van der Waals surface area contributed by atoms with Crippen molar-refractivity contribution in [2.24, 2.45) is 0 Å². The fourth-order valence-electron chi connectivity index (χ4n) is 1.28. The highest BCUT2D eigenvalue weighted by molar-refractivity contribution is 6.32. The molecule has 17 heavy (non-hydrogen) atoms. The van der Waals surface area contributed by atoms with Gasteiger partial charge in [-0.3, -0.25) is 4.98 Å². The van der Waals surface area contributed by atoms with Gasteiger partial charge in [-0.15, -0.1) is 10.2 Å². The Morgan fingerprint density at radius 3 is 2.88 bits per heavy atom. The van der Waals surface area contributed by atoms with Crippen LogP contribution in [0.15, 0.2) is 24.5 Å². The standard InChI is InChI=1S/C10H9Cl2N5/c11-8-9(15-10(12)17-16-8)14-5-3-7-2-1-4-13-6-7/h1-2,4,6H,3,5H2,(H,14,15,17). The molecule has 0 fully saturated rings. The number of nitrogens with zero attached hydrogens (tertiary/aromatic N) is 4. The van der Waals surface area contributed by atoms with Crippen LogP contribution in [0.2, 0.25) is 10.4 Å². The predicted octanol–water partition coefficient (Wildman–Crippen LogP) is 2.23. The van der Waals surface area contributed by atoms with E-state index in [4.69, 9.17) is 23.2 Å². The highest BCUT2D eigenvalue weighted by Gasteiger charge is 2.04. The molecule has 2 aromatic rings. The molecule has 5 nitrogen and oxygen atoms in total. The maximum Gasteiger partial charge on any atom is 0.245 e. The number of pyridine rings is 1. The van der Waals surface area contributed by atoms with E-state index in [1.165, 1.54) is 0 Å². The van der Waals surface area contributed by atoms with Gasteiger partial charge in [0, 0.05) is 18.9 Å². The van der Waals surface area contributed by atoms with Gasteiger partial charge in [-0.05, 0) is 29.7 Å². The third kappa shape index (κ3) is 3.51. The van der Waals surface area contributed by atoms with E-state index in [0.717, 1.165) is 12.0 Å². The van der Waals surface area contributed by atoms with Crippen molar-refractivity contribution >= 4 is 29.0 Å². The average molecular weight is 270 g/mol. The Labute approximate surface area is 108 Å². The summed E-state index contributed by atoms with van der Waals surface area (Å²) in [4.78, 5) is 7.97. The molecule has 2 aromatic heterocycles. The van der Waals surface area contributed by atoms with E-state index in [-0.39, 0.29) is 10.4 Å².